The summed E-state index contributed by atoms with van der Waals surface area (Å²) in [5.74, 6) is 0.446. The fourth-order valence-electron chi connectivity index (χ4n) is 3.00. The number of aryl methyl sites for hydroxylation is 1. The number of benzene rings is 1. The zero-order valence-electron chi connectivity index (χ0n) is 12.8. The van der Waals surface area contributed by atoms with Gasteiger partial charge in [-0.05, 0) is 37.0 Å². The number of hydrogen-bond donors (Lipinski definition) is 3. The second kappa shape index (κ2) is 6.31. The maximum atomic E-state index is 11.6. The number of rotatable bonds is 3. The van der Waals surface area contributed by atoms with Crippen molar-refractivity contribution in [2.75, 3.05) is 0 Å². The van der Waals surface area contributed by atoms with Gasteiger partial charge in [-0.25, -0.2) is 4.79 Å². The molecule has 2 aromatic rings. The molecule has 6 heteroatoms. The predicted octanol–water partition coefficient (Wildman–Crippen LogP) is 0.979. The monoisotopic (exact) mass is 320 g/mol. The standard InChI is InChI=1S/C17H20O6/c1-2-9-7-15(19)23-14-8-10(3-4-11(9)14)22-13-6-5-12(18)16(20)17(13)21/h3-4,7-8,12-13,16-18,20-21H,2,5-6H2,1H3/t12-,13?,16+,17+/m0/s1. The lowest BCUT2D eigenvalue weighted by Gasteiger charge is -2.35. The number of hydrogen-bond acceptors (Lipinski definition) is 6. The van der Waals surface area contributed by atoms with Crippen LogP contribution >= 0.6 is 0 Å². The van der Waals surface area contributed by atoms with E-state index in [0.29, 0.717) is 30.6 Å². The number of fused-ring (bicyclic) bond motifs is 1. The van der Waals surface area contributed by atoms with Gasteiger partial charge < -0.3 is 24.5 Å². The van der Waals surface area contributed by atoms with E-state index in [1.807, 2.05) is 13.0 Å². The van der Waals surface area contributed by atoms with Crippen molar-refractivity contribution in [3.05, 3.63) is 40.2 Å². The SMILES string of the molecule is CCc1cc(=O)oc2cc(OC3CC[C@H](O)[C@@H](O)[C@@H]3O)ccc12. The molecule has 0 saturated heterocycles. The molecule has 1 aromatic carbocycles. The van der Waals surface area contributed by atoms with Crippen molar-refractivity contribution in [1.82, 2.24) is 0 Å². The van der Waals surface area contributed by atoms with Crippen LogP contribution in [-0.4, -0.2) is 39.7 Å². The van der Waals surface area contributed by atoms with Crippen molar-refractivity contribution in [3.63, 3.8) is 0 Å². The summed E-state index contributed by atoms with van der Waals surface area (Å²) in [6, 6.07) is 6.64. The molecule has 1 fully saturated rings. The average Bonchev–Trinajstić information content (AvgIpc) is 2.54. The van der Waals surface area contributed by atoms with Crippen LogP contribution in [0.5, 0.6) is 5.75 Å². The Kier molecular flexibility index (Phi) is 4.39. The van der Waals surface area contributed by atoms with E-state index >= 15 is 0 Å². The van der Waals surface area contributed by atoms with Crippen molar-refractivity contribution >= 4 is 11.0 Å². The molecule has 3 N–H and O–H groups in total. The van der Waals surface area contributed by atoms with Gasteiger partial charge in [-0.15, -0.1) is 0 Å². The van der Waals surface area contributed by atoms with E-state index in [1.165, 1.54) is 6.07 Å². The summed E-state index contributed by atoms with van der Waals surface area (Å²) in [6.07, 6.45) is -2.45. The molecule has 0 aliphatic heterocycles. The van der Waals surface area contributed by atoms with E-state index in [-0.39, 0.29) is 0 Å². The van der Waals surface area contributed by atoms with Crippen molar-refractivity contribution in [2.24, 2.45) is 0 Å². The van der Waals surface area contributed by atoms with Crippen molar-refractivity contribution in [2.45, 2.75) is 50.6 Å². The van der Waals surface area contributed by atoms with Gasteiger partial charge in [0.15, 0.2) is 0 Å². The second-order valence-corrected chi connectivity index (χ2v) is 5.88. The molecule has 23 heavy (non-hydrogen) atoms. The highest BCUT2D eigenvalue weighted by Crippen LogP contribution is 2.28. The minimum absolute atomic E-state index is 0.353. The zero-order valence-corrected chi connectivity index (χ0v) is 12.8. The average molecular weight is 320 g/mol. The van der Waals surface area contributed by atoms with Crippen LogP contribution in [0.15, 0.2) is 33.5 Å². The highest BCUT2D eigenvalue weighted by atomic mass is 16.5. The van der Waals surface area contributed by atoms with E-state index < -0.39 is 30.0 Å². The van der Waals surface area contributed by atoms with Crippen LogP contribution in [0.4, 0.5) is 0 Å². The lowest BCUT2D eigenvalue weighted by molar-refractivity contribution is -0.128. The van der Waals surface area contributed by atoms with Gasteiger partial charge in [0.1, 0.15) is 29.6 Å². The lowest BCUT2D eigenvalue weighted by Crippen LogP contribution is -2.51. The third-order valence-electron chi connectivity index (χ3n) is 4.34. The molecule has 6 nitrogen and oxygen atoms in total. The summed E-state index contributed by atoms with van der Waals surface area (Å²) >= 11 is 0. The molecule has 0 radical (unpaired) electrons. The highest BCUT2D eigenvalue weighted by molar-refractivity contribution is 5.81. The molecular weight excluding hydrogens is 300 g/mol. The maximum absolute atomic E-state index is 11.6. The van der Waals surface area contributed by atoms with Crippen LogP contribution in [0, 0.1) is 0 Å². The Hall–Kier alpha value is -1.89. The minimum atomic E-state index is -1.22. The molecule has 1 unspecified atom stereocenters. The van der Waals surface area contributed by atoms with Crippen LogP contribution in [0.25, 0.3) is 11.0 Å². The normalized spacial score (nSPS) is 28.0. The molecule has 1 aliphatic carbocycles. The summed E-state index contributed by atoms with van der Waals surface area (Å²) in [7, 11) is 0. The van der Waals surface area contributed by atoms with Gasteiger partial charge in [0.05, 0.1) is 6.10 Å². The second-order valence-electron chi connectivity index (χ2n) is 5.88. The van der Waals surface area contributed by atoms with Crippen molar-refractivity contribution < 1.29 is 24.5 Å². The Morgan fingerprint density at radius 3 is 2.70 bits per heavy atom. The van der Waals surface area contributed by atoms with Gasteiger partial charge in [-0.1, -0.05) is 6.92 Å². The molecule has 1 saturated carbocycles. The van der Waals surface area contributed by atoms with E-state index in [4.69, 9.17) is 9.15 Å². The van der Waals surface area contributed by atoms with Gasteiger partial charge in [-0.2, -0.15) is 0 Å². The van der Waals surface area contributed by atoms with Crippen LogP contribution in [0.2, 0.25) is 0 Å². The third kappa shape index (κ3) is 3.10. The quantitative estimate of drug-likeness (QED) is 0.729. The van der Waals surface area contributed by atoms with Crippen LogP contribution < -0.4 is 10.4 Å². The van der Waals surface area contributed by atoms with Gasteiger partial charge in [0.25, 0.3) is 0 Å². The Morgan fingerprint density at radius 2 is 1.96 bits per heavy atom. The Bertz CT molecular complexity index is 752. The molecular formula is C17H20O6. The summed E-state index contributed by atoms with van der Waals surface area (Å²) in [6.45, 7) is 1.96. The molecule has 0 amide bonds. The van der Waals surface area contributed by atoms with Crippen molar-refractivity contribution in [3.8, 4) is 5.75 Å². The van der Waals surface area contributed by atoms with Gasteiger partial charge >= 0.3 is 5.63 Å². The van der Waals surface area contributed by atoms with Crippen LogP contribution in [0.3, 0.4) is 0 Å². The molecule has 4 atom stereocenters. The third-order valence-corrected chi connectivity index (χ3v) is 4.34. The van der Waals surface area contributed by atoms with Gasteiger partial charge in [-0.3, -0.25) is 0 Å². The Morgan fingerprint density at radius 1 is 1.17 bits per heavy atom. The van der Waals surface area contributed by atoms with E-state index in [0.717, 1.165) is 10.9 Å². The molecule has 3 rings (SSSR count). The van der Waals surface area contributed by atoms with Crippen LogP contribution in [0.1, 0.15) is 25.3 Å². The molecule has 0 spiro atoms. The lowest BCUT2D eigenvalue weighted by atomic mass is 9.89. The fourth-order valence-corrected chi connectivity index (χ4v) is 3.00. The first-order valence-electron chi connectivity index (χ1n) is 7.77. The van der Waals surface area contributed by atoms with Gasteiger partial charge in [0.2, 0.25) is 0 Å². The van der Waals surface area contributed by atoms with Crippen molar-refractivity contribution in [1.29, 1.82) is 0 Å². The molecule has 1 heterocycles. The molecule has 1 aromatic heterocycles. The summed E-state index contributed by atoms with van der Waals surface area (Å²) in [5.41, 5.74) is 0.916. The Labute approximate surface area is 132 Å². The molecule has 1 aliphatic rings. The summed E-state index contributed by atoms with van der Waals surface area (Å²) < 4.78 is 10.9. The zero-order chi connectivity index (χ0) is 16.6. The first kappa shape index (κ1) is 16.0. The number of aliphatic hydroxyl groups is 3. The number of ether oxygens (including phenoxy) is 1. The fraction of sp³-hybridized carbons (Fsp3) is 0.471. The largest absolute Gasteiger partial charge is 0.487 e. The first-order chi connectivity index (χ1) is 11.0. The first-order valence-corrected chi connectivity index (χ1v) is 7.77. The molecule has 0 bridgehead atoms. The predicted molar refractivity (Wildman–Crippen MR) is 83.5 cm³/mol. The van der Waals surface area contributed by atoms with Gasteiger partial charge in [0, 0.05) is 17.5 Å². The molecule has 124 valence electrons. The number of aliphatic hydroxyl groups excluding tert-OH is 3. The topological polar surface area (TPSA) is 100 Å². The van der Waals surface area contributed by atoms with E-state index in [1.54, 1.807) is 12.1 Å². The Balaban J connectivity index is 1.88. The minimum Gasteiger partial charge on any atom is -0.487 e. The summed E-state index contributed by atoms with van der Waals surface area (Å²) in [5, 5.41) is 30.1. The summed E-state index contributed by atoms with van der Waals surface area (Å²) in [4.78, 5) is 11.6. The smallest absolute Gasteiger partial charge is 0.336 e. The maximum Gasteiger partial charge on any atom is 0.336 e. The highest BCUT2D eigenvalue weighted by Gasteiger charge is 2.37. The van der Waals surface area contributed by atoms with E-state index in [2.05, 4.69) is 0 Å². The van der Waals surface area contributed by atoms with E-state index in [9.17, 15) is 20.1 Å². The van der Waals surface area contributed by atoms with Crippen LogP contribution in [-0.2, 0) is 6.42 Å².